The number of hydrogen-bond donors (Lipinski definition) is 1. The van der Waals surface area contributed by atoms with Crippen LogP contribution in [0.3, 0.4) is 0 Å². The Balaban J connectivity index is 1.45. The van der Waals surface area contributed by atoms with Crippen molar-refractivity contribution in [3.05, 3.63) is 53.4 Å². The van der Waals surface area contributed by atoms with Crippen molar-refractivity contribution in [2.24, 2.45) is 0 Å². The highest BCUT2D eigenvalue weighted by atomic mass is 35.5. The average Bonchev–Trinajstić information content (AvgIpc) is 3.27. The van der Waals surface area contributed by atoms with Gasteiger partial charge in [0.1, 0.15) is 5.75 Å². The molecule has 2 heterocycles. The predicted octanol–water partition coefficient (Wildman–Crippen LogP) is 4.96. The second-order valence-corrected chi connectivity index (χ2v) is 6.86. The second-order valence-electron chi connectivity index (χ2n) is 5.46. The molecule has 8 heteroatoms. The van der Waals surface area contributed by atoms with Crippen LogP contribution in [-0.4, -0.2) is 26.7 Å². The Morgan fingerprint density at radius 3 is 2.81 bits per heavy atom. The lowest BCUT2D eigenvalue weighted by molar-refractivity contribution is 0.340. The molecule has 4 rings (SSSR count). The number of nitrogens with one attached hydrogen (secondary N) is 1. The average molecular weight is 387 g/mol. The molecule has 0 radical (unpaired) electrons. The molecule has 2 aromatic carbocycles. The molecule has 0 aliphatic carbocycles. The van der Waals surface area contributed by atoms with Crippen LogP contribution in [-0.2, 0) is 5.75 Å². The topological polar surface area (TPSA) is 76.8 Å². The molecule has 1 N–H and O–H groups in total. The van der Waals surface area contributed by atoms with Gasteiger partial charge in [-0.05, 0) is 43.3 Å². The Bertz CT molecular complexity index is 1030. The van der Waals surface area contributed by atoms with E-state index in [2.05, 4.69) is 20.1 Å². The summed E-state index contributed by atoms with van der Waals surface area (Å²) in [6.45, 7) is 2.59. The fourth-order valence-corrected chi connectivity index (χ4v) is 3.30. The molecule has 0 unspecified atom stereocenters. The van der Waals surface area contributed by atoms with E-state index in [0.29, 0.717) is 29.1 Å². The number of aromatic nitrogens is 4. The monoisotopic (exact) mass is 386 g/mol. The highest BCUT2D eigenvalue weighted by Crippen LogP contribution is 2.26. The van der Waals surface area contributed by atoms with Crippen LogP contribution in [0.25, 0.3) is 22.4 Å². The van der Waals surface area contributed by atoms with Crippen molar-refractivity contribution < 1.29 is 9.26 Å². The molecule has 0 aliphatic heterocycles. The van der Waals surface area contributed by atoms with Crippen molar-refractivity contribution in [3.8, 4) is 17.1 Å². The summed E-state index contributed by atoms with van der Waals surface area (Å²) in [5, 5.41) is 5.48. The molecular formula is C18H15ClN4O2S. The number of rotatable bonds is 6. The molecule has 0 fully saturated rings. The molecule has 26 heavy (non-hydrogen) atoms. The maximum Gasteiger partial charge on any atom is 0.237 e. The summed E-state index contributed by atoms with van der Waals surface area (Å²) < 4.78 is 10.8. The minimum atomic E-state index is 0.527. The summed E-state index contributed by atoms with van der Waals surface area (Å²) in [6.07, 6.45) is 0. The number of ether oxygens (including phenoxy) is 1. The smallest absolute Gasteiger partial charge is 0.237 e. The number of hydrogen-bond acceptors (Lipinski definition) is 6. The minimum absolute atomic E-state index is 0.527. The quantitative estimate of drug-likeness (QED) is 0.472. The number of halogens is 1. The van der Waals surface area contributed by atoms with Gasteiger partial charge in [-0.2, -0.15) is 4.98 Å². The molecule has 4 aromatic rings. The Morgan fingerprint density at radius 1 is 1.15 bits per heavy atom. The number of benzene rings is 2. The van der Waals surface area contributed by atoms with Gasteiger partial charge < -0.3 is 14.2 Å². The first kappa shape index (κ1) is 16.9. The van der Waals surface area contributed by atoms with Crippen LogP contribution in [0.2, 0.25) is 5.02 Å². The molecular weight excluding hydrogens is 372 g/mol. The summed E-state index contributed by atoms with van der Waals surface area (Å²) >= 11 is 7.40. The van der Waals surface area contributed by atoms with Crippen molar-refractivity contribution in [1.29, 1.82) is 0 Å². The van der Waals surface area contributed by atoms with Crippen LogP contribution in [0.4, 0.5) is 0 Å². The third kappa shape index (κ3) is 3.68. The first-order valence-electron chi connectivity index (χ1n) is 8.05. The minimum Gasteiger partial charge on any atom is -0.494 e. The Morgan fingerprint density at radius 2 is 2.00 bits per heavy atom. The van der Waals surface area contributed by atoms with Gasteiger partial charge in [0.15, 0.2) is 5.16 Å². The summed E-state index contributed by atoms with van der Waals surface area (Å²) in [6, 6.07) is 13.1. The lowest BCUT2D eigenvalue weighted by atomic mass is 10.2. The van der Waals surface area contributed by atoms with Crippen LogP contribution in [0.15, 0.2) is 52.1 Å². The van der Waals surface area contributed by atoms with Gasteiger partial charge >= 0.3 is 0 Å². The summed E-state index contributed by atoms with van der Waals surface area (Å²) in [5.41, 5.74) is 2.69. The second kappa shape index (κ2) is 7.39. The zero-order chi connectivity index (χ0) is 17.9. The highest BCUT2D eigenvalue weighted by molar-refractivity contribution is 7.98. The Hall–Kier alpha value is -2.51. The number of imidazole rings is 1. The third-order valence-electron chi connectivity index (χ3n) is 3.65. The lowest BCUT2D eigenvalue weighted by Gasteiger charge is -2.00. The van der Waals surface area contributed by atoms with E-state index in [9.17, 15) is 0 Å². The van der Waals surface area contributed by atoms with E-state index in [1.165, 1.54) is 11.8 Å². The third-order valence-corrected chi connectivity index (χ3v) is 4.76. The largest absolute Gasteiger partial charge is 0.494 e. The predicted molar refractivity (Wildman–Crippen MR) is 102 cm³/mol. The number of aromatic amines is 1. The molecule has 2 aromatic heterocycles. The number of H-pyrrole nitrogens is 1. The zero-order valence-electron chi connectivity index (χ0n) is 13.9. The molecule has 0 atom stereocenters. The maximum absolute atomic E-state index is 5.90. The SMILES string of the molecule is CCOc1ccc2nc(SCc3nc(-c4ccc(Cl)cc4)no3)[nH]c2c1. The Kier molecular flexibility index (Phi) is 4.81. The number of thioether (sulfide) groups is 1. The van der Waals surface area contributed by atoms with Gasteiger partial charge in [0.25, 0.3) is 0 Å². The molecule has 0 spiro atoms. The van der Waals surface area contributed by atoms with Crippen LogP contribution in [0, 0.1) is 0 Å². The van der Waals surface area contributed by atoms with E-state index in [4.69, 9.17) is 20.9 Å². The van der Waals surface area contributed by atoms with Gasteiger partial charge in [0.2, 0.25) is 11.7 Å². The van der Waals surface area contributed by atoms with Crippen molar-refractivity contribution in [2.75, 3.05) is 6.61 Å². The van der Waals surface area contributed by atoms with E-state index in [1.807, 2.05) is 37.3 Å². The van der Waals surface area contributed by atoms with E-state index < -0.39 is 0 Å². The van der Waals surface area contributed by atoms with Crippen molar-refractivity contribution in [2.45, 2.75) is 17.8 Å². The van der Waals surface area contributed by atoms with Gasteiger partial charge in [0.05, 0.1) is 23.4 Å². The summed E-state index contributed by atoms with van der Waals surface area (Å²) in [7, 11) is 0. The van der Waals surface area contributed by atoms with Crippen LogP contribution in [0.1, 0.15) is 12.8 Å². The van der Waals surface area contributed by atoms with E-state index >= 15 is 0 Å². The summed E-state index contributed by atoms with van der Waals surface area (Å²) in [5.74, 6) is 2.43. The molecule has 6 nitrogen and oxygen atoms in total. The first-order chi connectivity index (χ1) is 12.7. The standard InChI is InChI=1S/C18H15ClN4O2S/c1-2-24-13-7-8-14-15(9-13)21-18(20-14)26-10-16-22-17(23-25-16)11-3-5-12(19)6-4-11/h3-9H,2,10H2,1H3,(H,20,21). The van der Waals surface area contributed by atoms with Crippen LogP contribution in [0.5, 0.6) is 5.75 Å². The summed E-state index contributed by atoms with van der Waals surface area (Å²) in [4.78, 5) is 12.2. The van der Waals surface area contributed by atoms with Crippen LogP contribution < -0.4 is 4.74 Å². The molecule has 0 bridgehead atoms. The number of fused-ring (bicyclic) bond motifs is 1. The van der Waals surface area contributed by atoms with Gasteiger partial charge in [-0.15, -0.1) is 0 Å². The zero-order valence-corrected chi connectivity index (χ0v) is 15.5. The van der Waals surface area contributed by atoms with Crippen LogP contribution >= 0.6 is 23.4 Å². The van der Waals surface area contributed by atoms with Crippen molar-refractivity contribution in [1.82, 2.24) is 20.1 Å². The van der Waals surface area contributed by atoms with Gasteiger partial charge in [-0.3, -0.25) is 0 Å². The highest BCUT2D eigenvalue weighted by Gasteiger charge is 2.11. The molecule has 0 amide bonds. The Labute approximate surface area is 158 Å². The molecule has 0 saturated heterocycles. The number of nitrogens with zero attached hydrogens (tertiary/aromatic N) is 3. The van der Waals surface area contributed by atoms with Gasteiger partial charge in [-0.1, -0.05) is 28.5 Å². The molecule has 0 aliphatic rings. The first-order valence-corrected chi connectivity index (χ1v) is 9.41. The lowest BCUT2D eigenvalue weighted by Crippen LogP contribution is -1.90. The molecule has 132 valence electrons. The van der Waals surface area contributed by atoms with E-state index in [-0.39, 0.29) is 0 Å². The normalized spacial score (nSPS) is 11.2. The maximum atomic E-state index is 5.90. The fraction of sp³-hybridized carbons (Fsp3) is 0.167. The van der Waals surface area contributed by atoms with Gasteiger partial charge in [0, 0.05) is 16.7 Å². The van der Waals surface area contributed by atoms with Gasteiger partial charge in [-0.25, -0.2) is 4.98 Å². The van der Waals surface area contributed by atoms with E-state index in [1.54, 1.807) is 12.1 Å². The molecule has 0 saturated carbocycles. The van der Waals surface area contributed by atoms with Crippen molar-refractivity contribution >= 4 is 34.4 Å². The fourth-order valence-electron chi connectivity index (χ4n) is 2.45. The van der Waals surface area contributed by atoms with Crippen molar-refractivity contribution in [3.63, 3.8) is 0 Å². The van der Waals surface area contributed by atoms with E-state index in [0.717, 1.165) is 27.5 Å².